The molecule has 1 aromatic carbocycles. The molecule has 0 radical (unpaired) electrons. The second-order valence-electron chi connectivity index (χ2n) is 8.16. The average molecular weight is 401 g/mol. The second-order valence-corrected chi connectivity index (χ2v) is 9.24. The minimum Gasteiger partial charge on any atom is -0.343 e. The van der Waals surface area contributed by atoms with E-state index in [9.17, 15) is 4.79 Å². The van der Waals surface area contributed by atoms with E-state index < -0.39 is 0 Å². The molecule has 1 aromatic heterocycles. The summed E-state index contributed by atoms with van der Waals surface area (Å²) in [5.41, 5.74) is 1.99. The molecule has 5 nitrogen and oxygen atoms in total. The first-order chi connectivity index (χ1) is 13.4. The van der Waals surface area contributed by atoms with Crippen LogP contribution in [0.4, 0.5) is 0 Å². The maximum absolute atomic E-state index is 13.1. The van der Waals surface area contributed by atoms with Gasteiger partial charge in [-0.15, -0.1) is 11.3 Å². The van der Waals surface area contributed by atoms with E-state index in [0.717, 1.165) is 60.3 Å². The van der Waals surface area contributed by atoms with Gasteiger partial charge in [0.1, 0.15) is 4.88 Å². The third-order valence-electron chi connectivity index (χ3n) is 5.17. The van der Waals surface area contributed by atoms with Crippen molar-refractivity contribution in [3.63, 3.8) is 0 Å². The number of hydrogen-bond donors (Lipinski definition) is 1. The highest BCUT2D eigenvalue weighted by molar-refractivity contribution is 7.13. The van der Waals surface area contributed by atoms with E-state index in [4.69, 9.17) is 0 Å². The molecule has 152 valence electrons. The predicted molar refractivity (Wildman–Crippen MR) is 116 cm³/mol. The third kappa shape index (κ3) is 5.63. The van der Waals surface area contributed by atoms with E-state index >= 15 is 0 Å². The summed E-state index contributed by atoms with van der Waals surface area (Å²) in [6, 6.07) is 10.3. The smallest absolute Gasteiger partial charge is 0.263 e. The molecule has 1 saturated heterocycles. The van der Waals surface area contributed by atoms with Crippen LogP contribution >= 0.6 is 11.3 Å². The number of nitrogens with zero attached hydrogens (tertiary/aromatic N) is 3. The number of piperazine rings is 1. The Labute approximate surface area is 172 Å². The fraction of sp³-hybridized carbons (Fsp3) is 0.545. The molecular weight excluding hydrogens is 368 g/mol. The highest BCUT2D eigenvalue weighted by Gasteiger charge is 2.23. The van der Waals surface area contributed by atoms with Crippen molar-refractivity contribution in [2.45, 2.75) is 33.2 Å². The Bertz CT molecular complexity index is 766. The van der Waals surface area contributed by atoms with Crippen LogP contribution < -0.4 is 5.32 Å². The largest absolute Gasteiger partial charge is 0.343 e. The number of benzene rings is 1. The Morgan fingerprint density at radius 1 is 1.18 bits per heavy atom. The molecule has 1 amide bonds. The molecule has 0 bridgehead atoms. The molecule has 0 spiro atoms. The van der Waals surface area contributed by atoms with Gasteiger partial charge in [0, 0.05) is 39.1 Å². The summed E-state index contributed by atoms with van der Waals surface area (Å²) in [6.07, 6.45) is 0.919. The molecule has 2 heterocycles. The molecule has 0 saturated carbocycles. The first-order valence-electron chi connectivity index (χ1n) is 10.2. The van der Waals surface area contributed by atoms with Gasteiger partial charge in [0.05, 0.1) is 16.7 Å². The van der Waals surface area contributed by atoms with Crippen molar-refractivity contribution < 1.29 is 4.79 Å². The zero-order chi connectivity index (χ0) is 20.1. The Hall–Kier alpha value is -1.76. The first-order valence-corrected chi connectivity index (χ1v) is 11.0. The van der Waals surface area contributed by atoms with Crippen LogP contribution in [0.25, 0.3) is 0 Å². The molecule has 1 unspecified atom stereocenters. The van der Waals surface area contributed by atoms with Gasteiger partial charge in [-0.25, -0.2) is 4.98 Å². The van der Waals surface area contributed by atoms with Gasteiger partial charge in [-0.05, 0) is 25.5 Å². The predicted octanol–water partition coefficient (Wildman–Crippen LogP) is 3.37. The Balaban J connectivity index is 1.73. The van der Waals surface area contributed by atoms with Crippen molar-refractivity contribution in [3.8, 4) is 0 Å². The van der Waals surface area contributed by atoms with E-state index in [1.54, 1.807) is 0 Å². The molecule has 1 aliphatic rings. The lowest BCUT2D eigenvalue weighted by molar-refractivity contribution is 0.0910. The van der Waals surface area contributed by atoms with E-state index in [2.05, 4.69) is 53.1 Å². The van der Waals surface area contributed by atoms with Crippen LogP contribution in [0.1, 0.15) is 45.8 Å². The quantitative estimate of drug-likeness (QED) is 0.774. The highest BCUT2D eigenvalue weighted by atomic mass is 32.1. The lowest BCUT2D eigenvalue weighted by Crippen LogP contribution is -2.47. The monoisotopic (exact) mass is 400 g/mol. The molecule has 0 aliphatic carbocycles. The van der Waals surface area contributed by atoms with E-state index in [1.807, 2.05) is 25.1 Å². The maximum Gasteiger partial charge on any atom is 0.263 e. The van der Waals surface area contributed by atoms with Crippen molar-refractivity contribution >= 4 is 17.2 Å². The molecule has 1 aliphatic heterocycles. The third-order valence-corrected chi connectivity index (χ3v) is 6.35. The molecule has 28 heavy (non-hydrogen) atoms. The van der Waals surface area contributed by atoms with Gasteiger partial charge >= 0.3 is 0 Å². The van der Waals surface area contributed by atoms with Crippen molar-refractivity contribution in [1.29, 1.82) is 0 Å². The Morgan fingerprint density at radius 3 is 2.50 bits per heavy atom. The average Bonchev–Trinajstić information content (AvgIpc) is 3.03. The van der Waals surface area contributed by atoms with Crippen LogP contribution in [0.5, 0.6) is 0 Å². The summed E-state index contributed by atoms with van der Waals surface area (Å²) < 4.78 is 0. The van der Waals surface area contributed by atoms with Crippen LogP contribution in [-0.2, 0) is 6.42 Å². The van der Waals surface area contributed by atoms with E-state index in [0.29, 0.717) is 5.92 Å². The number of amides is 1. The summed E-state index contributed by atoms with van der Waals surface area (Å²) >= 11 is 1.54. The van der Waals surface area contributed by atoms with Crippen LogP contribution in [-0.4, -0.2) is 60.5 Å². The maximum atomic E-state index is 13.1. The van der Waals surface area contributed by atoms with Crippen molar-refractivity contribution in [1.82, 2.24) is 20.1 Å². The molecule has 3 rings (SSSR count). The van der Waals surface area contributed by atoms with E-state index in [-0.39, 0.29) is 11.9 Å². The molecule has 1 atom stereocenters. The van der Waals surface area contributed by atoms with Crippen molar-refractivity contribution in [3.05, 3.63) is 51.5 Å². The number of aromatic nitrogens is 1. The van der Waals surface area contributed by atoms with Crippen LogP contribution in [0, 0.1) is 12.8 Å². The highest BCUT2D eigenvalue weighted by Crippen LogP contribution is 2.23. The Kier molecular flexibility index (Phi) is 7.21. The topological polar surface area (TPSA) is 48.5 Å². The van der Waals surface area contributed by atoms with Crippen LogP contribution in [0.2, 0.25) is 0 Å². The minimum atomic E-state index is -0.0212. The second kappa shape index (κ2) is 9.63. The molecule has 1 N–H and O–H groups in total. The Morgan fingerprint density at radius 2 is 1.86 bits per heavy atom. The summed E-state index contributed by atoms with van der Waals surface area (Å²) in [6.45, 7) is 11.3. The number of hydrogen-bond acceptors (Lipinski definition) is 5. The van der Waals surface area contributed by atoms with Crippen LogP contribution in [0.15, 0.2) is 30.3 Å². The van der Waals surface area contributed by atoms with Gasteiger partial charge in [-0.2, -0.15) is 0 Å². The van der Waals surface area contributed by atoms with E-state index in [1.165, 1.54) is 11.3 Å². The first kappa shape index (κ1) is 21.0. The van der Waals surface area contributed by atoms with Crippen molar-refractivity contribution in [2.75, 3.05) is 39.8 Å². The standard InChI is InChI=1S/C22H32N4OS/c1-16(2)14-20-23-17(3)21(28-20)22(27)24-19(18-8-6-5-7-9-18)15-26-12-10-25(4)11-13-26/h5-9,16,19H,10-15H2,1-4H3,(H,24,27). The van der Waals surface area contributed by atoms with Gasteiger partial charge in [0.15, 0.2) is 0 Å². The lowest BCUT2D eigenvalue weighted by atomic mass is 10.1. The number of aryl methyl sites for hydroxylation is 1. The molecule has 6 heteroatoms. The SMILES string of the molecule is Cc1nc(CC(C)C)sc1C(=O)NC(CN1CCN(C)CC1)c1ccccc1. The zero-order valence-corrected chi connectivity index (χ0v) is 18.3. The number of rotatable bonds is 7. The fourth-order valence-corrected chi connectivity index (χ4v) is 4.71. The van der Waals surface area contributed by atoms with Gasteiger partial charge in [0.2, 0.25) is 0 Å². The number of thiazole rings is 1. The summed E-state index contributed by atoms with van der Waals surface area (Å²) in [4.78, 5) is 23.2. The number of nitrogens with one attached hydrogen (secondary N) is 1. The molecular formula is C22H32N4OS. The van der Waals surface area contributed by atoms with Gasteiger partial charge in [-0.1, -0.05) is 44.2 Å². The summed E-state index contributed by atoms with van der Waals surface area (Å²) in [5.74, 6) is 0.531. The number of carbonyl (C=O) groups is 1. The normalized spacial score (nSPS) is 17.0. The number of carbonyl (C=O) groups excluding carboxylic acids is 1. The zero-order valence-electron chi connectivity index (χ0n) is 17.4. The molecule has 2 aromatic rings. The van der Waals surface area contributed by atoms with Crippen LogP contribution in [0.3, 0.4) is 0 Å². The minimum absolute atomic E-state index is 0.00649. The van der Waals surface area contributed by atoms with Gasteiger partial charge in [0.25, 0.3) is 5.91 Å². The van der Waals surface area contributed by atoms with Crippen molar-refractivity contribution in [2.24, 2.45) is 5.92 Å². The lowest BCUT2D eigenvalue weighted by Gasteiger charge is -2.35. The summed E-state index contributed by atoms with van der Waals surface area (Å²) in [5, 5.41) is 4.34. The number of likely N-dealkylation sites (N-methyl/N-ethyl adjacent to an activating group) is 1. The van der Waals surface area contributed by atoms with Gasteiger partial charge in [-0.3, -0.25) is 9.69 Å². The van der Waals surface area contributed by atoms with Gasteiger partial charge < -0.3 is 10.2 Å². The molecule has 1 fully saturated rings. The fourth-order valence-electron chi connectivity index (χ4n) is 3.53. The summed E-state index contributed by atoms with van der Waals surface area (Å²) in [7, 11) is 2.16.